The molecule has 0 unspecified atom stereocenters. The lowest BCUT2D eigenvalue weighted by atomic mass is 10.1. The Kier molecular flexibility index (Phi) is 3.46. The van der Waals surface area contributed by atoms with E-state index in [0.29, 0.717) is 6.07 Å². The third-order valence-corrected chi connectivity index (χ3v) is 1.75. The van der Waals surface area contributed by atoms with Gasteiger partial charge in [0.2, 0.25) is 0 Å². The highest BCUT2D eigenvalue weighted by Crippen LogP contribution is 2.23. The van der Waals surface area contributed by atoms with Crippen molar-refractivity contribution in [3.63, 3.8) is 0 Å². The number of hydrogen-bond donors (Lipinski definition) is 1. The normalized spacial score (nSPS) is 11.0. The molecule has 14 heavy (non-hydrogen) atoms. The topological polar surface area (TPSA) is 12.0 Å². The molecule has 0 heterocycles. The highest BCUT2D eigenvalue weighted by atomic mass is 19.3. The summed E-state index contributed by atoms with van der Waals surface area (Å²) in [5, 5.41) is 2.57. The monoisotopic (exact) mass is 207 g/mol. The van der Waals surface area contributed by atoms with Crippen molar-refractivity contribution in [3.05, 3.63) is 34.9 Å². The molecule has 78 valence electrons. The van der Waals surface area contributed by atoms with E-state index in [1.165, 1.54) is 7.05 Å². The average Bonchev–Trinajstić information content (AvgIpc) is 2.12. The van der Waals surface area contributed by atoms with Gasteiger partial charge in [0.25, 0.3) is 6.43 Å². The number of alkyl halides is 2. The first kappa shape index (κ1) is 11.0. The van der Waals surface area contributed by atoms with Gasteiger partial charge in [0.1, 0.15) is 0 Å². The van der Waals surface area contributed by atoms with Crippen LogP contribution in [0.3, 0.4) is 0 Å². The molecule has 5 heteroatoms. The Morgan fingerprint density at radius 2 is 1.93 bits per heavy atom. The molecule has 0 aromatic heterocycles. The van der Waals surface area contributed by atoms with Gasteiger partial charge in [-0.05, 0) is 19.2 Å². The first-order chi connectivity index (χ1) is 6.56. The molecule has 0 aliphatic heterocycles. The maximum Gasteiger partial charge on any atom is 0.263 e. The van der Waals surface area contributed by atoms with Crippen LogP contribution in [0, 0.1) is 11.6 Å². The second-order valence-electron chi connectivity index (χ2n) is 2.81. The molecule has 0 atom stereocenters. The second kappa shape index (κ2) is 4.41. The fourth-order valence-electron chi connectivity index (χ4n) is 1.11. The zero-order valence-corrected chi connectivity index (χ0v) is 7.45. The van der Waals surface area contributed by atoms with Gasteiger partial charge in [0, 0.05) is 17.7 Å². The van der Waals surface area contributed by atoms with Crippen molar-refractivity contribution in [2.75, 3.05) is 7.05 Å². The maximum absolute atomic E-state index is 13.0. The summed E-state index contributed by atoms with van der Waals surface area (Å²) < 4.78 is 50.1. The molecular weight excluding hydrogens is 198 g/mol. The third-order valence-electron chi connectivity index (χ3n) is 1.75. The Morgan fingerprint density at radius 1 is 1.29 bits per heavy atom. The lowest BCUT2D eigenvalue weighted by Crippen LogP contribution is -2.09. The van der Waals surface area contributed by atoms with E-state index in [1.807, 2.05) is 0 Å². The molecule has 1 aromatic rings. The van der Waals surface area contributed by atoms with Gasteiger partial charge in [0.15, 0.2) is 11.6 Å². The van der Waals surface area contributed by atoms with Crippen molar-refractivity contribution in [3.8, 4) is 0 Å². The van der Waals surface area contributed by atoms with Crippen molar-refractivity contribution in [1.29, 1.82) is 0 Å². The Hall–Kier alpha value is -1.10. The van der Waals surface area contributed by atoms with Crippen molar-refractivity contribution in [2.24, 2.45) is 0 Å². The average molecular weight is 207 g/mol. The minimum atomic E-state index is -2.79. The van der Waals surface area contributed by atoms with E-state index in [2.05, 4.69) is 5.32 Å². The molecule has 0 amide bonds. The number of rotatable bonds is 3. The van der Waals surface area contributed by atoms with E-state index in [9.17, 15) is 17.6 Å². The van der Waals surface area contributed by atoms with E-state index in [-0.39, 0.29) is 12.1 Å². The first-order valence-corrected chi connectivity index (χ1v) is 3.96. The summed E-state index contributed by atoms with van der Waals surface area (Å²) in [7, 11) is 1.52. The van der Waals surface area contributed by atoms with Crippen molar-refractivity contribution >= 4 is 0 Å². The largest absolute Gasteiger partial charge is 0.316 e. The molecule has 0 aliphatic carbocycles. The predicted octanol–water partition coefficient (Wildman–Crippen LogP) is 2.62. The van der Waals surface area contributed by atoms with Crippen molar-refractivity contribution in [2.45, 2.75) is 13.0 Å². The summed E-state index contributed by atoms with van der Waals surface area (Å²) >= 11 is 0. The summed E-state index contributed by atoms with van der Waals surface area (Å²) in [5.74, 6) is -2.32. The van der Waals surface area contributed by atoms with Crippen LogP contribution in [0.1, 0.15) is 17.6 Å². The summed E-state index contributed by atoms with van der Waals surface area (Å²) in [4.78, 5) is 0. The number of hydrogen-bond acceptors (Lipinski definition) is 1. The van der Waals surface area contributed by atoms with Gasteiger partial charge in [-0.15, -0.1) is 0 Å². The fourth-order valence-corrected chi connectivity index (χ4v) is 1.11. The predicted molar refractivity (Wildman–Crippen MR) is 44.1 cm³/mol. The maximum atomic E-state index is 13.0. The van der Waals surface area contributed by atoms with Crippen LogP contribution in [0.4, 0.5) is 17.6 Å². The molecule has 1 N–H and O–H groups in total. The van der Waals surface area contributed by atoms with Crippen LogP contribution in [-0.4, -0.2) is 7.05 Å². The summed E-state index contributed by atoms with van der Waals surface area (Å²) in [6, 6.07) is 1.47. The van der Waals surface area contributed by atoms with Crippen LogP contribution in [0.15, 0.2) is 12.1 Å². The van der Waals surface area contributed by atoms with Gasteiger partial charge < -0.3 is 5.32 Å². The van der Waals surface area contributed by atoms with Gasteiger partial charge in [-0.3, -0.25) is 0 Å². The molecule has 0 bridgehead atoms. The van der Waals surface area contributed by atoms with Crippen LogP contribution in [0.2, 0.25) is 0 Å². The van der Waals surface area contributed by atoms with E-state index >= 15 is 0 Å². The molecule has 0 spiro atoms. The highest BCUT2D eigenvalue weighted by molar-refractivity contribution is 5.27. The first-order valence-electron chi connectivity index (χ1n) is 3.96. The molecule has 1 aromatic carbocycles. The Labute approximate surface area is 78.7 Å². The summed E-state index contributed by atoms with van der Waals surface area (Å²) in [6.07, 6.45) is -2.79. The van der Waals surface area contributed by atoms with E-state index in [0.717, 1.165) is 6.07 Å². The molecule has 0 saturated carbocycles. The van der Waals surface area contributed by atoms with Crippen molar-refractivity contribution < 1.29 is 17.6 Å². The second-order valence-corrected chi connectivity index (χ2v) is 2.81. The SMILES string of the molecule is CNCc1cc(C(F)F)cc(F)c1F. The van der Waals surface area contributed by atoms with Gasteiger partial charge in [-0.25, -0.2) is 17.6 Å². The molecular formula is C9H9F4N. The fraction of sp³-hybridized carbons (Fsp3) is 0.333. The van der Waals surface area contributed by atoms with Gasteiger partial charge in [0.05, 0.1) is 0 Å². The minimum Gasteiger partial charge on any atom is -0.316 e. The summed E-state index contributed by atoms with van der Waals surface area (Å²) in [6.45, 7) is 0.0172. The van der Waals surface area contributed by atoms with Crippen LogP contribution in [0.25, 0.3) is 0 Å². The van der Waals surface area contributed by atoms with Crippen LogP contribution in [0.5, 0.6) is 0 Å². The molecule has 0 radical (unpaired) electrons. The minimum absolute atomic E-state index is 0.0172. The highest BCUT2D eigenvalue weighted by Gasteiger charge is 2.15. The number of halogens is 4. The van der Waals surface area contributed by atoms with Gasteiger partial charge >= 0.3 is 0 Å². The molecule has 1 rings (SSSR count). The Balaban J connectivity index is 3.14. The van der Waals surface area contributed by atoms with Crippen LogP contribution >= 0.6 is 0 Å². The van der Waals surface area contributed by atoms with Crippen LogP contribution < -0.4 is 5.32 Å². The third kappa shape index (κ3) is 2.23. The van der Waals surface area contributed by atoms with Gasteiger partial charge in [-0.2, -0.15) is 0 Å². The Morgan fingerprint density at radius 3 is 2.43 bits per heavy atom. The number of benzene rings is 1. The molecule has 1 nitrogen and oxygen atoms in total. The van der Waals surface area contributed by atoms with E-state index in [4.69, 9.17) is 0 Å². The van der Waals surface area contributed by atoms with E-state index < -0.39 is 23.6 Å². The number of nitrogens with one attached hydrogen (secondary N) is 1. The van der Waals surface area contributed by atoms with E-state index in [1.54, 1.807) is 0 Å². The quantitative estimate of drug-likeness (QED) is 0.751. The van der Waals surface area contributed by atoms with Gasteiger partial charge in [-0.1, -0.05) is 0 Å². The Bertz CT molecular complexity index is 325. The zero-order valence-electron chi connectivity index (χ0n) is 7.45. The smallest absolute Gasteiger partial charge is 0.263 e. The summed E-state index contributed by atoms with van der Waals surface area (Å²) in [5.41, 5.74) is -0.600. The zero-order chi connectivity index (χ0) is 10.7. The van der Waals surface area contributed by atoms with Crippen molar-refractivity contribution in [1.82, 2.24) is 5.32 Å². The lowest BCUT2D eigenvalue weighted by molar-refractivity contribution is 0.150. The molecule has 0 saturated heterocycles. The molecule has 0 aliphatic rings. The lowest BCUT2D eigenvalue weighted by Gasteiger charge is -2.06. The molecule has 0 fully saturated rings. The van der Waals surface area contributed by atoms with Crippen LogP contribution in [-0.2, 0) is 6.54 Å². The standard InChI is InChI=1S/C9H9F4N/c1-14-4-6-2-5(9(12)13)3-7(10)8(6)11/h2-3,9,14H,4H2,1H3.